The molecule has 1 amide bonds. The molecule has 0 radical (unpaired) electrons. The van der Waals surface area contributed by atoms with Crippen LogP contribution in [0.4, 0.5) is 11.4 Å². The number of amides is 1. The number of rotatable bonds is 4. The molecule has 0 aromatic heterocycles. The molecular formula is C18H20N2O5S. The fourth-order valence-corrected chi connectivity index (χ4v) is 3.68. The maximum Gasteiger partial charge on any atom is 0.267 e. The average molecular weight is 376 g/mol. The van der Waals surface area contributed by atoms with Crippen LogP contribution in [0.2, 0.25) is 0 Å². The molecule has 0 spiro atoms. The Hall–Kier alpha value is -2.74. The summed E-state index contributed by atoms with van der Waals surface area (Å²) in [4.78, 5) is 12.7. The summed E-state index contributed by atoms with van der Waals surface area (Å²) in [6, 6.07) is 12.2. The van der Waals surface area contributed by atoms with E-state index in [1.165, 1.54) is 11.4 Å². The topological polar surface area (TPSA) is 84.9 Å². The maximum atomic E-state index is 12.7. The lowest BCUT2D eigenvalue weighted by Crippen LogP contribution is -2.48. The number of methoxy groups -OCH3 is 1. The molecule has 0 saturated heterocycles. The number of hydrogen-bond acceptors (Lipinski definition) is 5. The molecule has 2 aromatic carbocycles. The summed E-state index contributed by atoms with van der Waals surface area (Å²) in [5.74, 6) is 0.412. The van der Waals surface area contributed by atoms with E-state index in [-0.39, 0.29) is 6.54 Å². The summed E-state index contributed by atoms with van der Waals surface area (Å²) in [6.07, 6.45) is 0.129. The monoisotopic (exact) mass is 376 g/mol. The minimum absolute atomic E-state index is 0.101. The summed E-state index contributed by atoms with van der Waals surface area (Å²) in [5.41, 5.74) is 1.83. The first-order valence-electron chi connectivity index (χ1n) is 7.98. The van der Waals surface area contributed by atoms with Gasteiger partial charge in [-0.2, -0.15) is 0 Å². The molecule has 1 aliphatic rings. The number of hydrogen-bond donors (Lipinski definition) is 1. The third-order valence-corrected chi connectivity index (χ3v) is 5.19. The summed E-state index contributed by atoms with van der Waals surface area (Å²) >= 11 is 0. The molecule has 0 fully saturated rings. The van der Waals surface area contributed by atoms with Crippen LogP contribution in [0, 0.1) is 6.92 Å². The van der Waals surface area contributed by atoms with Gasteiger partial charge in [0.05, 0.1) is 31.3 Å². The van der Waals surface area contributed by atoms with Gasteiger partial charge in [0.2, 0.25) is 10.0 Å². The van der Waals surface area contributed by atoms with Crippen LogP contribution in [-0.2, 0) is 14.8 Å². The van der Waals surface area contributed by atoms with Crippen molar-refractivity contribution in [1.82, 2.24) is 0 Å². The van der Waals surface area contributed by atoms with Gasteiger partial charge >= 0.3 is 0 Å². The Bertz CT molecular complexity index is 942. The molecule has 2 aromatic rings. The summed E-state index contributed by atoms with van der Waals surface area (Å²) < 4.78 is 36.6. The number of fused-ring (bicyclic) bond motifs is 1. The van der Waals surface area contributed by atoms with E-state index in [4.69, 9.17) is 9.47 Å². The summed E-state index contributed by atoms with van der Waals surface area (Å²) in [6.45, 7) is 1.76. The van der Waals surface area contributed by atoms with Gasteiger partial charge in [0, 0.05) is 0 Å². The smallest absolute Gasteiger partial charge is 0.267 e. The van der Waals surface area contributed by atoms with Crippen LogP contribution >= 0.6 is 0 Å². The van der Waals surface area contributed by atoms with Crippen LogP contribution in [0.3, 0.4) is 0 Å². The van der Waals surface area contributed by atoms with Crippen LogP contribution < -0.4 is 19.1 Å². The summed E-state index contributed by atoms with van der Waals surface area (Å²) in [5, 5.41) is 2.73. The SMILES string of the molecule is COc1ccccc1NC(=O)[C@H]1CN(S(C)(=O)=O)c2cc(C)ccc2O1. The molecule has 0 bridgehead atoms. The van der Waals surface area contributed by atoms with Crippen molar-refractivity contribution in [2.24, 2.45) is 0 Å². The Morgan fingerprint density at radius 2 is 2.00 bits per heavy atom. The van der Waals surface area contributed by atoms with E-state index in [1.807, 2.05) is 6.92 Å². The van der Waals surface area contributed by atoms with Crippen molar-refractivity contribution in [2.75, 3.05) is 29.5 Å². The highest BCUT2D eigenvalue weighted by Crippen LogP contribution is 2.36. The van der Waals surface area contributed by atoms with Crippen molar-refractivity contribution in [3.05, 3.63) is 48.0 Å². The summed E-state index contributed by atoms with van der Waals surface area (Å²) in [7, 11) is -2.05. The molecule has 138 valence electrons. The molecule has 1 aliphatic heterocycles. The van der Waals surface area contributed by atoms with Gasteiger partial charge in [-0.3, -0.25) is 9.10 Å². The van der Waals surface area contributed by atoms with E-state index in [9.17, 15) is 13.2 Å². The zero-order valence-corrected chi connectivity index (χ0v) is 15.5. The number of ether oxygens (including phenoxy) is 2. The highest BCUT2D eigenvalue weighted by Gasteiger charge is 2.35. The normalized spacial score (nSPS) is 16.4. The largest absolute Gasteiger partial charge is 0.495 e. The van der Waals surface area contributed by atoms with Gasteiger partial charge in [0.25, 0.3) is 5.91 Å². The lowest BCUT2D eigenvalue weighted by molar-refractivity contribution is -0.122. The Labute approximate surface area is 152 Å². The first-order valence-corrected chi connectivity index (χ1v) is 9.83. The average Bonchev–Trinajstić information content (AvgIpc) is 2.60. The van der Waals surface area contributed by atoms with Crippen molar-refractivity contribution < 1.29 is 22.7 Å². The predicted molar refractivity (Wildman–Crippen MR) is 99.4 cm³/mol. The molecule has 7 nitrogen and oxygen atoms in total. The number of benzene rings is 2. The van der Waals surface area contributed by atoms with Gasteiger partial charge < -0.3 is 14.8 Å². The highest BCUT2D eigenvalue weighted by atomic mass is 32.2. The van der Waals surface area contributed by atoms with E-state index >= 15 is 0 Å². The van der Waals surface area contributed by atoms with E-state index in [1.54, 1.807) is 42.5 Å². The van der Waals surface area contributed by atoms with Gasteiger partial charge in [-0.1, -0.05) is 18.2 Å². The molecule has 0 saturated carbocycles. The Morgan fingerprint density at radius 3 is 2.69 bits per heavy atom. The lowest BCUT2D eigenvalue weighted by atomic mass is 10.1. The van der Waals surface area contributed by atoms with Crippen LogP contribution in [0.25, 0.3) is 0 Å². The highest BCUT2D eigenvalue weighted by molar-refractivity contribution is 7.92. The van der Waals surface area contributed by atoms with Gasteiger partial charge in [-0.15, -0.1) is 0 Å². The Balaban J connectivity index is 1.90. The molecule has 26 heavy (non-hydrogen) atoms. The first kappa shape index (κ1) is 18.1. The zero-order chi connectivity index (χ0) is 18.9. The van der Waals surface area contributed by atoms with Crippen LogP contribution in [-0.4, -0.2) is 40.3 Å². The number of nitrogens with one attached hydrogen (secondary N) is 1. The zero-order valence-electron chi connectivity index (χ0n) is 14.7. The minimum Gasteiger partial charge on any atom is -0.495 e. The second-order valence-electron chi connectivity index (χ2n) is 6.06. The molecule has 1 heterocycles. The number of carbonyl (C=O) groups excluding carboxylic acids is 1. The van der Waals surface area contributed by atoms with E-state index in [2.05, 4.69) is 5.32 Å². The molecule has 8 heteroatoms. The van der Waals surface area contributed by atoms with Crippen LogP contribution in [0.15, 0.2) is 42.5 Å². The van der Waals surface area contributed by atoms with E-state index < -0.39 is 22.0 Å². The number of para-hydroxylation sites is 2. The lowest BCUT2D eigenvalue weighted by Gasteiger charge is -2.34. The third-order valence-electron chi connectivity index (χ3n) is 4.04. The standard InChI is InChI=1S/C18H20N2O5S/c1-12-8-9-16-14(10-12)20(26(3,22)23)11-17(25-16)18(21)19-13-6-4-5-7-15(13)24-2/h4-10,17H,11H2,1-3H3,(H,19,21)/t17-/m1/s1. The molecular weight excluding hydrogens is 356 g/mol. The maximum absolute atomic E-state index is 12.7. The van der Waals surface area contributed by atoms with Crippen molar-refractivity contribution in [2.45, 2.75) is 13.0 Å². The predicted octanol–water partition coefficient (Wildman–Crippen LogP) is 2.17. The second-order valence-corrected chi connectivity index (χ2v) is 7.97. The quantitative estimate of drug-likeness (QED) is 0.884. The van der Waals surface area contributed by atoms with Gasteiger partial charge in [0.15, 0.2) is 6.10 Å². The minimum atomic E-state index is -3.56. The Morgan fingerprint density at radius 1 is 1.27 bits per heavy atom. The number of anilines is 2. The molecule has 3 rings (SSSR count). The molecule has 1 atom stereocenters. The molecule has 0 unspecified atom stereocenters. The van der Waals surface area contributed by atoms with Crippen molar-refractivity contribution in [1.29, 1.82) is 0 Å². The fourth-order valence-electron chi connectivity index (χ4n) is 2.77. The fraction of sp³-hybridized carbons (Fsp3) is 0.278. The first-order chi connectivity index (χ1) is 12.3. The van der Waals surface area contributed by atoms with Crippen molar-refractivity contribution in [3.63, 3.8) is 0 Å². The van der Waals surface area contributed by atoms with Gasteiger partial charge in [-0.05, 0) is 36.8 Å². The Kier molecular flexibility index (Phi) is 4.78. The number of nitrogens with zero attached hydrogens (tertiary/aromatic N) is 1. The molecule has 1 N–H and O–H groups in total. The third kappa shape index (κ3) is 3.60. The number of aryl methyl sites for hydroxylation is 1. The number of sulfonamides is 1. The van der Waals surface area contributed by atoms with E-state index in [0.717, 1.165) is 11.8 Å². The van der Waals surface area contributed by atoms with Crippen LogP contribution in [0.1, 0.15) is 5.56 Å². The van der Waals surface area contributed by atoms with Crippen molar-refractivity contribution >= 4 is 27.3 Å². The van der Waals surface area contributed by atoms with Gasteiger partial charge in [0.1, 0.15) is 11.5 Å². The number of carbonyl (C=O) groups is 1. The van der Waals surface area contributed by atoms with Gasteiger partial charge in [-0.25, -0.2) is 8.42 Å². The van der Waals surface area contributed by atoms with E-state index in [0.29, 0.717) is 22.9 Å². The molecule has 0 aliphatic carbocycles. The van der Waals surface area contributed by atoms with Crippen LogP contribution in [0.5, 0.6) is 11.5 Å². The second kappa shape index (κ2) is 6.87. The van der Waals surface area contributed by atoms with Crippen molar-refractivity contribution in [3.8, 4) is 11.5 Å².